The average molecular weight is 174 g/mol. The van der Waals surface area contributed by atoms with Crippen molar-refractivity contribution in [3.05, 3.63) is 35.5 Å². The molecule has 0 aliphatic rings. The molecular formula is C10H8NO2-. The number of carbonyl (C=O) groups is 1. The number of aromatic carboxylic acids is 1. The molecule has 0 spiro atoms. The number of nitrogens with one attached hydrogen (secondary N) is 1. The van der Waals surface area contributed by atoms with Crippen LogP contribution in [0.5, 0.6) is 0 Å². The lowest BCUT2D eigenvalue weighted by Gasteiger charge is -1.99. The molecule has 0 unspecified atom stereocenters. The molecule has 0 atom stereocenters. The molecule has 0 amide bonds. The summed E-state index contributed by atoms with van der Waals surface area (Å²) in [6.07, 6.45) is 1.47. The van der Waals surface area contributed by atoms with Crippen molar-refractivity contribution in [1.82, 2.24) is 4.98 Å². The molecule has 66 valence electrons. The van der Waals surface area contributed by atoms with E-state index in [1.807, 2.05) is 19.1 Å². The lowest BCUT2D eigenvalue weighted by molar-refractivity contribution is -0.254. The van der Waals surface area contributed by atoms with E-state index in [9.17, 15) is 9.90 Å². The van der Waals surface area contributed by atoms with Gasteiger partial charge in [-0.2, -0.15) is 0 Å². The van der Waals surface area contributed by atoms with Gasteiger partial charge >= 0.3 is 0 Å². The number of para-hydroxylation sites is 1. The summed E-state index contributed by atoms with van der Waals surface area (Å²) in [6.45, 7) is 1.93. The summed E-state index contributed by atoms with van der Waals surface area (Å²) in [4.78, 5) is 13.6. The predicted molar refractivity (Wildman–Crippen MR) is 47.4 cm³/mol. The molecule has 1 aromatic carbocycles. The number of aryl methyl sites for hydroxylation is 1. The number of carboxylic acid groups (broad SMARTS) is 1. The van der Waals surface area contributed by atoms with Crippen molar-refractivity contribution in [3.8, 4) is 0 Å². The molecule has 1 N–H and O–H groups in total. The van der Waals surface area contributed by atoms with E-state index in [4.69, 9.17) is 0 Å². The van der Waals surface area contributed by atoms with E-state index < -0.39 is 5.97 Å². The number of benzene rings is 1. The minimum absolute atomic E-state index is 0.221. The average Bonchev–Trinajstić information content (AvgIpc) is 2.48. The highest BCUT2D eigenvalue weighted by Gasteiger charge is 2.04. The Hall–Kier alpha value is -1.77. The summed E-state index contributed by atoms with van der Waals surface area (Å²) in [7, 11) is 0. The fraction of sp³-hybridized carbons (Fsp3) is 0.100. The smallest absolute Gasteiger partial charge is 0.0736 e. The van der Waals surface area contributed by atoms with Crippen LogP contribution in [0.1, 0.15) is 15.9 Å². The van der Waals surface area contributed by atoms with Crippen molar-refractivity contribution in [2.24, 2.45) is 0 Å². The Kier molecular flexibility index (Phi) is 1.59. The third kappa shape index (κ3) is 1.09. The van der Waals surface area contributed by atoms with Crippen molar-refractivity contribution >= 4 is 16.9 Å². The molecule has 0 aliphatic heterocycles. The van der Waals surface area contributed by atoms with Gasteiger partial charge in [0.25, 0.3) is 0 Å². The number of hydrogen-bond acceptors (Lipinski definition) is 2. The van der Waals surface area contributed by atoms with Gasteiger partial charge in [0.15, 0.2) is 0 Å². The maximum atomic E-state index is 10.7. The van der Waals surface area contributed by atoms with E-state index in [0.717, 1.165) is 11.1 Å². The molecule has 2 rings (SSSR count). The van der Waals surface area contributed by atoms with Gasteiger partial charge < -0.3 is 14.9 Å². The van der Waals surface area contributed by atoms with Gasteiger partial charge in [0, 0.05) is 22.7 Å². The molecule has 2 aromatic rings. The van der Waals surface area contributed by atoms with Crippen LogP contribution in [0, 0.1) is 6.92 Å². The molecule has 0 saturated heterocycles. The van der Waals surface area contributed by atoms with Crippen molar-refractivity contribution < 1.29 is 9.90 Å². The summed E-state index contributed by atoms with van der Waals surface area (Å²) >= 11 is 0. The summed E-state index contributed by atoms with van der Waals surface area (Å²) < 4.78 is 0. The standard InChI is InChI=1S/C10H9NO2/c1-6-3-2-4-7-8(10(12)13)5-11-9(6)7/h2-5,11H,1H3,(H,12,13)/p-1. The van der Waals surface area contributed by atoms with Crippen molar-refractivity contribution in [2.75, 3.05) is 0 Å². The Morgan fingerprint density at radius 2 is 2.23 bits per heavy atom. The molecular weight excluding hydrogens is 166 g/mol. The van der Waals surface area contributed by atoms with Gasteiger partial charge in [-0.1, -0.05) is 18.2 Å². The topological polar surface area (TPSA) is 55.9 Å². The second kappa shape index (κ2) is 2.62. The molecule has 1 heterocycles. The number of H-pyrrole nitrogens is 1. The van der Waals surface area contributed by atoms with E-state index in [0.29, 0.717) is 5.39 Å². The van der Waals surface area contributed by atoms with E-state index in [1.54, 1.807) is 6.07 Å². The molecule has 13 heavy (non-hydrogen) atoms. The number of rotatable bonds is 1. The molecule has 3 nitrogen and oxygen atoms in total. The lowest BCUT2D eigenvalue weighted by atomic mass is 10.1. The van der Waals surface area contributed by atoms with Crippen LogP contribution >= 0.6 is 0 Å². The monoisotopic (exact) mass is 174 g/mol. The molecule has 0 aliphatic carbocycles. The first-order valence-corrected chi connectivity index (χ1v) is 3.98. The quantitative estimate of drug-likeness (QED) is 0.696. The number of carbonyl (C=O) groups excluding carboxylic acids is 1. The molecule has 0 fully saturated rings. The van der Waals surface area contributed by atoms with Crippen LogP contribution in [0.3, 0.4) is 0 Å². The molecule has 3 heteroatoms. The van der Waals surface area contributed by atoms with Crippen LogP contribution in [-0.2, 0) is 0 Å². The van der Waals surface area contributed by atoms with Crippen LogP contribution in [0.25, 0.3) is 10.9 Å². The Morgan fingerprint density at radius 3 is 2.92 bits per heavy atom. The first-order valence-electron chi connectivity index (χ1n) is 3.98. The first-order chi connectivity index (χ1) is 6.20. The Labute approximate surface area is 75.0 Å². The van der Waals surface area contributed by atoms with E-state index in [-0.39, 0.29) is 5.56 Å². The van der Waals surface area contributed by atoms with E-state index >= 15 is 0 Å². The van der Waals surface area contributed by atoms with E-state index in [2.05, 4.69) is 4.98 Å². The van der Waals surface area contributed by atoms with Crippen LogP contribution < -0.4 is 5.11 Å². The number of hydrogen-bond donors (Lipinski definition) is 1. The van der Waals surface area contributed by atoms with Crippen molar-refractivity contribution in [2.45, 2.75) is 6.92 Å². The third-order valence-electron chi connectivity index (χ3n) is 2.14. The highest BCUT2D eigenvalue weighted by molar-refractivity contribution is 6.02. The maximum absolute atomic E-state index is 10.7. The SMILES string of the molecule is Cc1cccc2c(C(=O)[O-])c[nH]c12. The largest absolute Gasteiger partial charge is 0.545 e. The highest BCUT2D eigenvalue weighted by Crippen LogP contribution is 2.20. The maximum Gasteiger partial charge on any atom is 0.0736 e. The molecule has 0 bridgehead atoms. The Balaban J connectivity index is 2.83. The van der Waals surface area contributed by atoms with Gasteiger partial charge in [0.2, 0.25) is 0 Å². The summed E-state index contributed by atoms with van der Waals surface area (Å²) in [5.41, 5.74) is 2.12. The van der Waals surface area contributed by atoms with Gasteiger partial charge in [-0.15, -0.1) is 0 Å². The first kappa shape index (κ1) is 7.86. The van der Waals surface area contributed by atoms with Gasteiger partial charge in [0.1, 0.15) is 0 Å². The number of carboxylic acids is 1. The van der Waals surface area contributed by atoms with Crippen LogP contribution in [0.4, 0.5) is 0 Å². The minimum Gasteiger partial charge on any atom is -0.545 e. The lowest BCUT2D eigenvalue weighted by Crippen LogP contribution is -2.21. The number of fused-ring (bicyclic) bond motifs is 1. The highest BCUT2D eigenvalue weighted by atomic mass is 16.4. The van der Waals surface area contributed by atoms with E-state index in [1.165, 1.54) is 6.20 Å². The number of aromatic amines is 1. The van der Waals surface area contributed by atoms with Gasteiger partial charge in [-0.25, -0.2) is 0 Å². The normalized spacial score (nSPS) is 10.5. The Morgan fingerprint density at radius 1 is 1.46 bits per heavy atom. The Bertz CT molecular complexity index is 471. The van der Waals surface area contributed by atoms with Gasteiger partial charge in [0.05, 0.1) is 5.97 Å². The summed E-state index contributed by atoms with van der Waals surface area (Å²) in [6, 6.07) is 5.53. The molecule has 1 aromatic heterocycles. The number of aromatic nitrogens is 1. The zero-order valence-electron chi connectivity index (χ0n) is 7.13. The zero-order chi connectivity index (χ0) is 9.42. The van der Waals surface area contributed by atoms with Crippen molar-refractivity contribution in [1.29, 1.82) is 0 Å². The van der Waals surface area contributed by atoms with Crippen LogP contribution in [0.15, 0.2) is 24.4 Å². The van der Waals surface area contributed by atoms with Gasteiger partial charge in [-0.3, -0.25) is 0 Å². The summed E-state index contributed by atoms with van der Waals surface area (Å²) in [5.74, 6) is -1.14. The second-order valence-corrected chi connectivity index (χ2v) is 2.99. The predicted octanol–water partition coefficient (Wildman–Crippen LogP) is 0.840. The summed E-state index contributed by atoms with van der Waals surface area (Å²) in [5, 5.41) is 11.4. The fourth-order valence-corrected chi connectivity index (χ4v) is 1.47. The molecule has 0 saturated carbocycles. The van der Waals surface area contributed by atoms with Gasteiger partial charge in [-0.05, 0) is 12.5 Å². The van der Waals surface area contributed by atoms with Crippen LogP contribution in [0.2, 0.25) is 0 Å². The minimum atomic E-state index is -1.14. The fourth-order valence-electron chi connectivity index (χ4n) is 1.47. The zero-order valence-corrected chi connectivity index (χ0v) is 7.13. The second-order valence-electron chi connectivity index (χ2n) is 2.99. The third-order valence-corrected chi connectivity index (χ3v) is 2.14. The molecule has 0 radical (unpaired) electrons. The van der Waals surface area contributed by atoms with Crippen LogP contribution in [-0.4, -0.2) is 11.0 Å². The van der Waals surface area contributed by atoms with Crippen molar-refractivity contribution in [3.63, 3.8) is 0 Å².